The Morgan fingerprint density at radius 1 is 1.45 bits per heavy atom. The monoisotopic (exact) mass is 274 g/mol. The number of anilines is 1. The normalized spacial score (nSPS) is 10.8. The van der Waals surface area contributed by atoms with Crippen LogP contribution in [0.5, 0.6) is 0 Å². The van der Waals surface area contributed by atoms with Crippen LogP contribution in [0.2, 0.25) is 0 Å². The summed E-state index contributed by atoms with van der Waals surface area (Å²) in [5.74, 6) is 0.198. The third-order valence-electron chi connectivity index (χ3n) is 2.98. The molecule has 0 saturated carbocycles. The van der Waals surface area contributed by atoms with Crippen molar-refractivity contribution in [3.8, 4) is 0 Å². The maximum atomic E-state index is 11.9. The summed E-state index contributed by atoms with van der Waals surface area (Å²) >= 11 is 0. The van der Waals surface area contributed by atoms with Gasteiger partial charge in [0.25, 0.3) is 0 Å². The van der Waals surface area contributed by atoms with Gasteiger partial charge in [-0.25, -0.2) is 14.5 Å². The van der Waals surface area contributed by atoms with Gasteiger partial charge in [-0.2, -0.15) is 5.10 Å². The summed E-state index contributed by atoms with van der Waals surface area (Å²) in [6.07, 6.45) is 1.45. The first kappa shape index (κ1) is 14.0. The summed E-state index contributed by atoms with van der Waals surface area (Å²) in [5.41, 5.74) is 7.72. The molecule has 0 aliphatic heterocycles. The fourth-order valence-electron chi connectivity index (χ4n) is 1.79. The number of aryl methyl sites for hydroxylation is 1. The van der Waals surface area contributed by atoms with E-state index in [1.54, 1.807) is 22.9 Å². The predicted octanol–water partition coefficient (Wildman–Crippen LogP) is 2.11. The molecule has 0 saturated heterocycles. The zero-order valence-corrected chi connectivity index (χ0v) is 11.8. The second-order valence-corrected chi connectivity index (χ2v) is 4.86. The summed E-state index contributed by atoms with van der Waals surface area (Å²) in [4.78, 5) is 16.0. The fourth-order valence-corrected chi connectivity index (χ4v) is 1.79. The Balaban J connectivity index is 2.05. The molecule has 0 aliphatic carbocycles. The average Bonchev–Trinajstić information content (AvgIpc) is 2.87. The topological polar surface area (TPSA) is 83.0 Å². The van der Waals surface area contributed by atoms with E-state index in [4.69, 9.17) is 10.5 Å². The first-order chi connectivity index (χ1) is 9.49. The minimum absolute atomic E-state index is 0.0881. The van der Waals surface area contributed by atoms with Crippen molar-refractivity contribution in [3.05, 3.63) is 41.5 Å². The highest BCUT2D eigenvalue weighted by atomic mass is 16.5. The molecule has 0 spiro atoms. The molecule has 1 heterocycles. The lowest BCUT2D eigenvalue weighted by atomic mass is 10.1. The van der Waals surface area contributed by atoms with E-state index in [1.165, 1.54) is 6.33 Å². The van der Waals surface area contributed by atoms with Crippen molar-refractivity contribution in [1.29, 1.82) is 0 Å². The van der Waals surface area contributed by atoms with E-state index in [0.717, 1.165) is 5.56 Å². The first-order valence-electron chi connectivity index (χ1n) is 6.40. The van der Waals surface area contributed by atoms with Crippen molar-refractivity contribution >= 4 is 11.7 Å². The minimum Gasteiger partial charge on any atom is -0.454 e. The van der Waals surface area contributed by atoms with Crippen molar-refractivity contribution in [2.24, 2.45) is 0 Å². The summed E-state index contributed by atoms with van der Waals surface area (Å²) in [7, 11) is 0. The van der Waals surface area contributed by atoms with Gasteiger partial charge < -0.3 is 10.5 Å². The number of ether oxygens (including phenoxy) is 1. The molecule has 0 atom stereocenters. The van der Waals surface area contributed by atoms with Gasteiger partial charge in [-0.15, -0.1) is 0 Å². The van der Waals surface area contributed by atoms with E-state index in [9.17, 15) is 4.79 Å². The summed E-state index contributed by atoms with van der Waals surface area (Å²) in [6.45, 7) is 5.95. The number of carbonyl (C=O) groups is 1. The van der Waals surface area contributed by atoms with Crippen LogP contribution in [0.3, 0.4) is 0 Å². The van der Waals surface area contributed by atoms with Crippen LogP contribution >= 0.6 is 0 Å². The Hall–Kier alpha value is -2.37. The van der Waals surface area contributed by atoms with Crippen LogP contribution in [0.4, 0.5) is 5.69 Å². The SMILES string of the molecule is Cc1ccc(C(=O)OCc2ncnn2C(C)C)cc1N. The molecule has 0 aliphatic rings. The maximum absolute atomic E-state index is 11.9. The minimum atomic E-state index is -0.421. The van der Waals surface area contributed by atoms with Crippen molar-refractivity contribution in [2.45, 2.75) is 33.4 Å². The number of rotatable bonds is 4. The Labute approximate surface area is 117 Å². The van der Waals surface area contributed by atoms with Crippen molar-refractivity contribution in [2.75, 3.05) is 5.73 Å². The third kappa shape index (κ3) is 2.96. The Morgan fingerprint density at radius 3 is 2.85 bits per heavy atom. The molecule has 1 aromatic heterocycles. The predicted molar refractivity (Wildman–Crippen MR) is 75.1 cm³/mol. The molecular formula is C14H18N4O2. The quantitative estimate of drug-likeness (QED) is 0.682. The number of hydrogen-bond donors (Lipinski definition) is 1. The van der Waals surface area contributed by atoms with Crippen molar-refractivity contribution in [1.82, 2.24) is 14.8 Å². The summed E-state index contributed by atoms with van der Waals surface area (Å²) in [6, 6.07) is 5.27. The molecule has 0 amide bonds. The van der Waals surface area contributed by atoms with E-state index in [-0.39, 0.29) is 12.6 Å². The molecule has 6 nitrogen and oxygen atoms in total. The highest BCUT2D eigenvalue weighted by molar-refractivity contribution is 5.90. The zero-order valence-electron chi connectivity index (χ0n) is 11.8. The molecule has 0 unspecified atom stereocenters. The molecule has 106 valence electrons. The molecule has 20 heavy (non-hydrogen) atoms. The first-order valence-corrected chi connectivity index (χ1v) is 6.40. The maximum Gasteiger partial charge on any atom is 0.338 e. The van der Waals surface area contributed by atoms with Crippen LogP contribution in [-0.2, 0) is 11.3 Å². The third-order valence-corrected chi connectivity index (χ3v) is 2.98. The molecular weight excluding hydrogens is 256 g/mol. The van der Waals surface area contributed by atoms with E-state index in [0.29, 0.717) is 17.1 Å². The van der Waals surface area contributed by atoms with E-state index in [2.05, 4.69) is 10.1 Å². The second kappa shape index (κ2) is 5.73. The van der Waals surface area contributed by atoms with E-state index >= 15 is 0 Å². The Morgan fingerprint density at radius 2 is 2.20 bits per heavy atom. The molecule has 2 N–H and O–H groups in total. The van der Waals surface area contributed by atoms with E-state index in [1.807, 2.05) is 20.8 Å². The van der Waals surface area contributed by atoms with Gasteiger partial charge in [-0.05, 0) is 38.5 Å². The number of carbonyl (C=O) groups excluding carboxylic acids is 1. The lowest BCUT2D eigenvalue weighted by Crippen LogP contribution is -2.12. The Kier molecular flexibility index (Phi) is 4.02. The highest BCUT2D eigenvalue weighted by Gasteiger charge is 2.12. The molecule has 0 radical (unpaired) electrons. The van der Waals surface area contributed by atoms with Crippen molar-refractivity contribution < 1.29 is 9.53 Å². The Bertz CT molecular complexity index is 619. The smallest absolute Gasteiger partial charge is 0.338 e. The molecule has 2 rings (SSSR count). The number of benzene rings is 1. The largest absolute Gasteiger partial charge is 0.454 e. The molecule has 2 aromatic rings. The molecule has 0 fully saturated rings. The number of nitrogen functional groups attached to an aromatic ring is 1. The van der Waals surface area contributed by atoms with Crippen LogP contribution in [-0.4, -0.2) is 20.7 Å². The van der Waals surface area contributed by atoms with Gasteiger partial charge in [-0.1, -0.05) is 6.07 Å². The van der Waals surface area contributed by atoms with Gasteiger partial charge >= 0.3 is 5.97 Å². The number of nitrogens with zero attached hydrogens (tertiary/aromatic N) is 3. The van der Waals surface area contributed by atoms with E-state index < -0.39 is 5.97 Å². The van der Waals surface area contributed by atoms with Gasteiger partial charge in [0.05, 0.1) is 5.56 Å². The van der Waals surface area contributed by atoms with Crippen LogP contribution in [0, 0.1) is 6.92 Å². The van der Waals surface area contributed by atoms with Crippen LogP contribution in [0.15, 0.2) is 24.5 Å². The van der Waals surface area contributed by atoms with Gasteiger partial charge in [0, 0.05) is 11.7 Å². The number of aromatic nitrogens is 3. The molecule has 6 heteroatoms. The zero-order chi connectivity index (χ0) is 14.7. The van der Waals surface area contributed by atoms with Crippen LogP contribution in [0.1, 0.15) is 41.6 Å². The number of nitrogens with two attached hydrogens (primary N) is 1. The highest BCUT2D eigenvalue weighted by Crippen LogP contribution is 2.14. The van der Waals surface area contributed by atoms with Gasteiger partial charge in [0.2, 0.25) is 0 Å². The summed E-state index contributed by atoms with van der Waals surface area (Å²) in [5, 5.41) is 4.09. The molecule has 1 aromatic carbocycles. The van der Waals surface area contributed by atoms with Gasteiger partial charge in [-0.3, -0.25) is 0 Å². The van der Waals surface area contributed by atoms with Crippen LogP contribution < -0.4 is 5.73 Å². The van der Waals surface area contributed by atoms with Gasteiger partial charge in [0.1, 0.15) is 6.33 Å². The summed E-state index contributed by atoms with van der Waals surface area (Å²) < 4.78 is 6.96. The lowest BCUT2D eigenvalue weighted by molar-refractivity contribution is 0.0455. The fraction of sp³-hybridized carbons (Fsp3) is 0.357. The van der Waals surface area contributed by atoms with Crippen LogP contribution in [0.25, 0.3) is 0 Å². The van der Waals surface area contributed by atoms with Crippen molar-refractivity contribution in [3.63, 3.8) is 0 Å². The lowest BCUT2D eigenvalue weighted by Gasteiger charge is -2.10. The average molecular weight is 274 g/mol. The number of esters is 1. The van der Waals surface area contributed by atoms with Gasteiger partial charge in [0.15, 0.2) is 12.4 Å². The second-order valence-electron chi connectivity index (χ2n) is 4.86. The number of hydrogen-bond acceptors (Lipinski definition) is 5. The molecule has 0 bridgehead atoms. The standard InChI is InChI=1S/C14H18N4O2/c1-9(2)18-13(16-8-17-18)7-20-14(19)11-5-4-10(3)12(15)6-11/h4-6,8-9H,7,15H2,1-3H3.